The molecule has 0 radical (unpaired) electrons. The van der Waals surface area contributed by atoms with E-state index in [0.717, 1.165) is 17.6 Å². The maximum atomic E-state index is 5.77. The van der Waals surface area contributed by atoms with E-state index in [9.17, 15) is 0 Å². The van der Waals surface area contributed by atoms with Gasteiger partial charge in [0.25, 0.3) is 0 Å². The van der Waals surface area contributed by atoms with Crippen LogP contribution in [0.4, 0.5) is 0 Å². The highest BCUT2D eigenvalue weighted by Crippen LogP contribution is 2.54. The second-order valence-corrected chi connectivity index (χ2v) is 12.9. The van der Waals surface area contributed by atoms with Crippen LogP contribution in [0.2, 0.25) is 0 Å². The van der Waals surface area contributed by atoms with Gasteiger partial charge in [-0.25, -0.2) is 0 Å². The van der Waals surface area contributed by atoms with Crippen LogP contribution in [0.15, 0.2) is 18.2 Å². The molecule has 3 aliphatic rings. The number of thiocarbonyl (C=S) groups is 1. The fraction of sp³-hybridized carbons (Fsp3) is 0.759. The number of nitrogens with zero attached hydrogens (tertiary/aromatic N) is 1. The van der Waals surface area contributed by atoms with Gasteiger partial charge in [0.05, 0.1) is 0 Å². The van der Waals surface area contributed by atoms with Crippen molar-refractivity contribution < 1.29 is 0 Å². The van der Waals surface area contributed by atoms with E-state index in [1.807, 2.05) is 0 Å². The van der Waals surface area contributed by atoms with Gasteiger partial charge in [0.2, 0.25) is 0 Å². The smallest absolute Gasteiger partial charge is 0.166 e. The summed E-state index contributed by atoms with van der Waals surface area (Å²) in [6.07, 6.45) is 11.6. The first-order chi connectivity index (χ1) is 15.6. The van der Waals surface area contributed by atoms with E-state index in [1.54, 1.807) is 11.1 Å². The molecule has 0 unspecified atom stereocenters. The zero-order valence-electron chi connectivity index (χ0n) is 22.0. The minimum atomic E-state index is 0.318. The molecule has 0 heterocycles. The molecule has 1 aromatic rings. The molecule has 5 atom stereocenters. The summed E-state index contributed by atoms with van der Waals surface area (Å²) in [6, 6.07) is 8.43. The van der Waals surface area contributed by atoms with Crippen molar-refractivity contribution in [3.63, 3.8) is 0 Å². The number of benzene rings is 1. The second-order valence-electron chi connectivity index (χ2n) is 12.5. The summed E-state index contributed by atoms with van der Waals surface area (Å²) in [7, 11) is 4.40. The minimum Gasteiger partial charge on any atom is -0.362 e. The summed E-state index contributed by atoms with van der Waals surface area (Å²) in [5, 5.41) is 8.19. The third-order valence-electron chi connectivity index (χ3n) is 9.45. The molecule has 3 nitrogen and oxygen atoms in total. The predicted octanol–water partition coefficient (Wildman–Crippen LogP) is 6.16. The maximum absolute atomic E-state index is 5.77. The van der Waals surface area contributed by atoms with Crippen molar-refractivity contribution in [1.82, 2.24) is 15.5 Å². The largest absolute Gasteiger partial charge is 0.362 e. The monoisotopic (exact) mass is 469 g/mol. The lowest BCUT2D eigenvalue weighted by molar-refractivity contribution is 0.0734. The van der Waals surface area contributed by atoms with Crippen LogP contribution in [-0.2, 0) is 11.8 Å². The van der Waals surface area contributed by atoms with Crippen molar-refractivity contribution in [1.29, 1.82) is 0 Å². The number of rotatable bonds is 5. The molecule has 184 valence electrons. The number of likely N-dealkylation sites (N-methyl/N-ethyl adjacent to an activating group) is 1. The summed E-state index contributed by atoms with van der Waals surface area (Å²) in [4.78, 5) is 2.37. The summed E-state index contributed by atoms with van der Waals surface area (Å²) < 4.78 is 0. The molecule has 0 saturated heterocycles. The van der Waals surface area contributed by atoms with Crippen LogP contribution in [0.3, 0.4) is 0 Å². The molecule has 0 bridgehead atoms. The molecule has 3 aliphatic carbocycles. The van der Waals surface area contributed by atoms with E-state index in [0.29, 0.717) is 28.8 Å². The van der Waals surface area contributed by atoms with Gasteiger partial charge in [-0.05, 0) is 111 Å². The van der Waals surface area contributed by atoms with Crippen molar-refractivity contribution in [2.75, 3.05) is 20.6 Å². The lowest BCUT2D eigenvalue weighted by Crippen LogP contribution is -2.55. The van der Waals surface area contributed by atoms with E-state index in [-0.39, 0.29) is 0 Å². The highest BCUT2D eigenvalue weighted by atomic mass is 32.1. The lowest BCUT2D eigenvalue weighted by Gasteiger charge is -2.52. The number of aryl methyl sites for hydroxylation is 1. The number of hydrogen-bond donors (Lipinski definition) is 2. The Hall–Kier alpha value is -1.13. The van der Waals surface area contributed by atoms with Gasteiger partial charge in [0, 0.05) is 18.6 Å². The Morgan fingerprint density at radius 1 is 1.12 bits per heavy atom. The summed E-state index contributed by atoms with van der Waals surface area (Å²) in [6.45, 7) is 10.6. The Morgan fingerprint density at radius 3 is 2.61 bits per heavy atom. The van der Waals surface area contributed by atoms with E-state index in [2.05, 4.69) is 75.5 Å². The topological polar surface area (TPSA) is 27.3 Å². The molecule has 2 fully saturated rings. The van der Waals surface area contributed by atoms with Crippen molar-refractivity contribution in [2.24, 2.45) is 11.3 Å². The molecule has 33 heavy (non-hydrogen) atoms. The molecule has 0 spiro atoms. The number of hydrogen-bond acceptors (Lipinski definition) is 2. The van der Waals surface area contributed by atoms with Gasteiger partial charge >= 0.3 is 0 Å². The maximum Gasteiger partial charge on any atom is 0.166 e. The molecular weight excluding hydrogens is 422 g/mol. The zero-order valence-corrected chi connectivity index (χ0v) is 22.8. The Balaban J connectivity index is 1.36. The predicted molar refractivity (Wildman–Crippen MR) is 145 cm³/mol. The molecule has 0 amide bonds. The third-order valence-corrected chi connectivity index (χ3v) is 9.71. The SMILES string of the molecule is CC(C)c1ccc2c(c1)CC[C@H]1C[C@](C)(CNC(=S)N[C@H]3CCCC[C@@H]3N(C)C)CC[C@]21C. The van der Waals surface area contributed by atoms with E-state index in [1.165, 1.54) is 63.4 Å². The van der Waals surface area contributed by atoms with Crippen molar-refractivity contribution in [3.8, 4) is 0 Å². The van der Waals surface area contributed by atoms with Gasteiger partial charge < -0.3 is 15.5 Å². The Morgan fingerprint density at radius 2 is 1.88 bits per heavy atom. The van der Waals surface area contributed by atoms with Crippen LogP contribution in [0, 0.1) is 11.3 Å². The Bertz CT molecular complexity index is 849. The summed E-state index contributed by atoms with van der Waals surface area (Å²) in [5.74, 6) is 1.38. The van der Waals surface area contributed by atoms with E-state index < -0.39 is 0 Å². The van der Waals surface area contributed by atoms with Crippen molar-refractivity contribution >= 4 is 17.3 Å². The quantitative estimate of drug-likeness (QED) is 0.505. The lowest BCUT2D eigenvalue weighted by atomic mass is 9.53. The van der Waals surface area contributed by atoms with Gasteiger partial charge in [-0.15, -0.1) is 0 Å². The normalized spacial score (nSPS) is 34.0. The molecule has 2 N–H and O–H groups in total. The first-order valence-corrected chi connectivity index (χ1v) is 13.9. The second kappa shape index (κ2) is 9.85. The van der Waals surface area contributed by atoms with Crippen LogP contribution < -0.4 is 10.6 Å². The molecule has 4 rings (SSSR count). The van der Waals surface area contributed by atoms with Crippen molar-refractivity contribution in [2.45, 2.75) is 109 Å². The fourth-order valence-corrected chi connectivity index (χ4v) is 7.32. The van der Waals surface area contributed by atoms with Crippen LogP contribution in [0.25, 0.3) is 0 Å². The first-order valence-electron chi connectivity index (χ1n) is 13.5. The van der Waals surface area contributed by atoms with Crippen LogP contribution >= 0.6 is 12.2 Å². The minimum absolute atomic E-state index is 0.318. The molecule has 1 aromatic carbocycles. The Labute approximate surface area is 208 Å². The molecule has 0 aromatic heterocycles. The van der Waals surface area contributed by atoms with E-state index >= 15 is 0 Å². The van der Waals surface area contributed by atoms with Gasteiger partial charge in [-0.2, -0.15) is 0 Å². The van der Waals surface area contributed by atoms with Gasteiger partial charge in [0.15, 0.2) is 5.11 Å². The molecule has 2 saturated carbocycles. The number of fused-ring (bicyclic) bond motifs is 3. The third kappa shape index (κ3) is 5.27. The first kappa shape index (κ1) is 25.0. The fourth-order valence-electron chi connectivity index (χ4n) is 7.10. The summed E-state index contributed by atoms with van der Waals surface area (Å²) >= 11 is 5.77. The van der Waals surface area contributed by atoms with Gasteiger partial charge in [-0.3, -0.25) is 0 Å². The van der Waals surface area contributed by atoms with Crippen LogP contribution in [-0.4, -0.2) is 42.7 Å². The Kier molecular flexibility index (Phi) is 7.46. The highest BCUT2D eigenvalue weighted by Gasteiger charge is 2.47. The van der Waals surface area contributed by atoms with Crippen molar-refractivity contribution in [3.05, 3.63) is 34.9 Å². The summed E-state index contributed by atoms with van der Waals surface area (Å²) in [5.41, 5.74) is 5.41. The van der Waals surface area contributed by atoms with Gasteiger partial charge in [0.1, 0.15) is 0 Å². The van der Waals surface area contributed by atoms with Crippen LogP contribution in [0.5, 0.6) is 0 Å². The van der Waals surface area contributed by atoms with Gasteiger partial charge in [-0.1, -0.05) is 58.7 Å². The molecule has 4 heteroatoms. The van der Waals surface area contributed by atoms with Crippen LogP contribution in [0.1, 0.15) is 102 Å². The average molecular weight is 470 g/mol. The zero-order chi connectivity index (χ0) is 23.8. The van der Waals surface area contributed by atoms with E-state index in [4.69, 9.17) is 12.2 Å². The molecular formula is C29H47N3S. The number of nitrogens with one attached hydrogen (secondary N) is 2. The molecule has 0 aliphatic heterocycles. The standard InChI is InChI=1S/C29H47N3S/c1-20(2)21-12-14-24-22(17-21)11-13-23-18-28(3,15-16-29(23,24)4)19-30-27(33)31-25-9-7-8-10-26(25)32(5)6/h12,14,17,20,23,25-26H,7-11,13,15-16,18-19H2,1-6H3,(H2,30,31,33)/t23-,25-,26-,28+,29-/m0/s1. The highest BCUT2D eigenvalue weighted by molar-refractivity contribution is 7.80. The average Bonchev–Trinajstić information content (AvgIpc) is 2.78.